The molecule has 1 aromatic heterocycles. The normalized spacial score (nSPS) is 10.9. The van der Waals surface area contributed by atoms with Gasteiger partial charge in [0.1, 0.15) is 5.52 Å². The van der Waals surface area contributed by atoms with E-state index in [4.69, 9.17) is 0 Å². The summed E-state index contributed by atoms with van der Waals surface area (Å²) in [5, 5.41) is 18.6. The summed E-state index contributed by atoms with van der Waals surface area (Å²) in [5.74, 6) is 0. The number of halogens is 1. The van der Waals surface area contributed by atoms with Crippen molar-refractivity contribution in [2.75, 3.05) is 19.6 Å². The number of non-ortho nitro benzene ring substituents is 1. The lowest BCUT2D eigenvalue weighted by atomic mass is 10.1. The summed E-state index contributed by atoms with van der Waals surface area (Å²) in [6, 6.07) is 3.42. The third-order valence-corrected chi connectivity index (χ3v) is 3.66. The van der Waals surface area contributed by atoms with Crippen molar-refractivity contribution < 1.29 is 4.92 Å². The summed E-state index contributed by atoms with van der Waals surface area (Å²) in [7, 11) is 0. The molecule has 1 aromatic carbocycles. The zero-order valence-corrected chi connectivity index (χ0v) is 13.9. The Balaban J connectivity index is 0.00000242. The Morgan fingerprint density at radius 1 is 1.23 bits per heavy atom. The van der Waals surface area contributed by atoms with E-state index >= 15 is 0 Å². The van der Waals surface area contributed by atoms with Crippen molar-refractivity contribution in [1.29, 1.82) is 0 Å². The first-order valence-corrected chi connectivity index (χ1v) is 7.49. The lowest BCUT2D eigenvalue weighted by molar-refractivity contribution is -0.383. The summed E-state index contributed by atoms with van der Waals surface area (Å²) in [4.78, 5) is 13.1. The van der Waals surface area contributed by atoms with Gasteiger partial charge in [0.15, 0.2) is 0 Å². The van der Waals surface area contributed by atoms with E-state index in [-0.39, 0.29) is 23.0 Å². The molecule has 0 unspecified atom stereocenters. The maximum Gasteiger partial charge on any atom is 0.294 e. The summed E-state index contributed by atoms with van der Waals surface area (Å²) >= 11 is 0. The molecule has 0 aliphatic heterocycles. The predicted octanol–water partition coefficient (Wildman–Crippen LogP) is 3.56. The highest BCUT2D eigenvalue weighted by molar-refractivity contribution is 5.89. The Morgan fingerprint density at radius 2 is 1.91 bits per heavy atom. The molecule has 0 saturated carbocycles. The number of hydrogen-bond donors (Lipinski definition) is 1. The third kappa shape index (κ3) is 4.18. The molecule has 22 heavy (non-hydrogen) atoms. The first-order chi connectivity index (χ1) is 10.2. The number of nitrogens with one attached hydrogen (secondary N) is 1. The van der Waals surface area contributed by atoms with Crippen molar-refractivity contribution in [2.24, 2.45) is 0 Å². The lowest BCUT2D eigenvalue weighted by Gasteiger charge is -2.20. The number of hydrogen-bond acceptors (Lipinski definition) is 4. The zero-order chi connectivity index (χ0) is 15.2. The smallest absolute Gasteiger partial charge is 0.294 e. The van der Waals surface area contributed by atoms with Crippen LogP contribution in [0.4, 0.5) is 5.69 Å². The van der Waals surface area contributed by atoms with Gasteiger partial charge in [-0.1, -0.05) is 19.9 Å². The van der Waals surface area contributed by atoms with Gasteiger partial charge in [-0.2, -0.15) is 5.10 Å². The predicted molar refractivity (Wildman–Crippen MR) is 90.7 cm³/mol. The van der Waals surface area contributed by atoms with E-state index in [1.165, 1.54) is 0 Å². The number of nitrogens with zero attached hydrogens (tertiary/aromatic N) is 3. The van der Waals surface area contributed by atoms with Crippen LogP contribution in [0.5, 0.6) is 0 Å². The molecule has 1 heterocycles. The first kappa shape index (κ1) is 18.4. The van der Waals surface area contributed by atoms with E-state index in [1.807, 2.05) is 6.07 Å². The number of aromatic nitrogens is 2. The molecule has 0 aliphatic carbocycles. The molecule has 0 atom stereocenters. The monoisotopic (exact) mass is 326 g/mol. The number of benzene rings is 1. The SMILES string of the molecule is CCCN(CCC)CCc1ccc([N+](=O)[O-])c2[nH]ncc12.Cl. The molecule has 0 amide bonds. The fourth-order valence-electron chi connectivity index (χ4n) is 2.69. The molecule has 0 saturated heterocycles. The van der Waals surface area contributed by atoms with Gasteiger partial charge in [-0.25, -0.2) is 0 Å². The number of rotatable bonds is 8. The summed E-state index contributed by atoms with van der Waals surface area (Å²) in [5.41, 5.74) is 1.72. The average Bonchev–Trinajstić information content (AvgIpc) is 2.94. The van der Waals surface area contributed by atoms with Crippen LogP contribution in [-0.4, -0.2) is 39.7 Å². The van der Waals surface area contributed by atoms with Gasteiger partial charge in [-0.05, 0) is 37.9 Å². The fraction of sp³-hybridized carbons (Fsp3) is 0.533. The lowest BCUT2D eigenvalue weighted by Crippen LogP contribution is -2.27. The fourth-order valence-corrected chi connectivity index (χ4v) is 2.69. The van der Waals surface area contributed by atoms with Crippen LogP contribution in [0.25, 0.3) is 10.9 Å². The molecule has 0 bridgehead atoms. The number of aromatic amines is 1. The second kappa shape index (κ2) is 8.70. The van der Waals surface area contributed by atoms with Gasteiger partial charge in [0.05, 0.1) is 11.1 Å². The minimum atomic E-state index is -0.370. The van der Waals surface area contributed by atoms with E-state index in [0.717, 1.165) is 49.8 Å². The van der Waals surface area contributed by atoms with Crippen LogP contribution in [0.3, 0.4) is 0 Å². The third-order valence-electron chi connectivity index (χ3n) is 3.66. The van der Waals surface area contributed by atoms with Crippen LogP contribution in [-0.2, 0) is 6.42 Å². The van der Waals surface area contributed by atoms with E-state index in [0.29, 0.717) is 5.52 Å². The van der Waals surface area contributed by atoms with Gasteiger partial charge >= 0.3 is 0 Å². The molecule has 6 nitrogen and oxygen atoms in total. The minimum absolute atomic E-state index is 0. The molecule has 0 radical (unpaired) electrons. The number of nitro benzene ring substituents is 1. The molecular weight excluding hydrogens is 304 g/mol. The Morgan fingerprint density at radius 3 is 2.50 bits per heavy atom. The van der Waals surface area contributed by atoms with Crippen molar-refractivity contribution in [3.8, 4) is 0 Å². The number of nitro groups is 1. The standard InChI is InChI=1S/C15H22N4O2.ClH/c1-3-8-18(9-4-2)10-7-12-5-6-14(19(20)21)15-13(12)11-16-17-15;/h5-6,11H,3-4,7-10H2,1-2H3,(H,16,17);1H. The second-order valence-corrected chi connectivity index (χ2v) is 5.25. The van der Waals surface area contributed by atoms with Gasteiger partial charge in [0.25, 0.3) is 5.69 Å². The molecule has 122 valence electrons. The van der Waals surface area contributed by atoms with Crippen LogP contribution in [0.1, 0.15) is 32.3 Å². The highest BCUT2D eigenvalue weighted by Gasteiger charge is 2.16. The van der Waals surface area contributed by atoms with Crippen LogP contribution >= 0.6 is 12.4 Å². The molecule has 0 aliphatic rings. The number of H-pyrrole nitrogens is 1. The van der Waals surface area contributed by atoms with E-state index in [1.54, 1.807) is 12.3 Å². The molecule has 7 heteroatoms. The molecule has 0 spiro atoms. The van der Waals surface area contributed by atoms with Crippen molar-refractivity contribution in [2.45, 2.75) is 33.1 Å². The van der Waals surface area contributed by atoms with Crippen molar-refractivity contribution >= 4 is 29.0 Å². The van der Waals surface area contributed by atoms with Gasteiger partial charge < -0.3 is 4.90 Å². The topological polar surface area (TPSA) is 75.1 Å². The Hall–Kier alpha value is -1.66. The molecule has 2 rings (SSSR count). The van der Waals surface area contributed by atoms with Crippen LogP contribution < -0.4 is 0 Å². The van der Waals surface area contributed by atoms with Crippen LogP contribution in [0.2, 0.25) is 0 Å². The largest absolute Gasteiger partial charge is 0.303 e. The van der Waals surface area contributed by atoms with Gasteiger partial charge in [-0.3, -0.25) is 15.2 Å². The quantitative estimate of drug-likeness (QED) is 0.594. The minimum Gasteiger partial charge on any atom is -0.303 e. The molecule has 1 N–H and O–H groups in total. The van der Waals surface area contributed by atoms with Crippen molar-refractivity contribution in [3.05, 3.63) is 34.0 Å². The van der Waals surface area contributed by atoms with Gasteiger partial charge in [0.2, 0.25) is 0 Å². The zero-order valence-electron chi connectivity index (χ0n) is 13.0. The highest BCUT2D eigenvalue weighted by atomic mass is 35.5. The van der Waals surface area contributed by atoms with Crippen molar-refractivity contribution in [1.82, 2.24) is 15.1 Å². The van der Waals surface area contributed by atoms with E-state index in [2.05, 4.69) is 28.9 Å². The van der Waals surface area contributed by atoms with Crippen molar-refractivity contribution in [3.63, 3.8) is 0 Å². The summed E-state index contributed by atoms with van der Waals surface area (Å²) < 4.78 is 0. The molecule has 2 aromatic rings. The van der Waals surface area contributed by atoms with Crippen LogP contribution in [0.15, 0.2) is 18.3 Å². The Kier molecular flexibility index (Phi) is 7.27. The molecule has 0 fully saturated rings. The second-order valence-electron chi connectivity index (χ2n) is 5.25. The van der Waals surface area contributed by atoms with Crippen LogP contribution in [0, 0.1) is 10.1 Å². The average molecular weight is 327 g/mol. The van der Waals surface area contributed by atoms with Gasteiger partial charge in [0, 0.05) is 18.0 Å². The summed E-state index contributed by atoms with van der Waals surface area (Å²) in [6.45, 7) is 7.52. The van der Waals surface area contributed by atoms with Gasteiger partial charge in [-0.15, -0.1) is 12.4 Å². The Labute approximate surface area is 136 Å². The van der Waals surface area contributed by atoms with E-state index in [9.17, 15) is 10.1 Å². The maximum absolute atomic E-state index is 11.0. The van der Waals surface area contributed by atoms with E-state index < -0.39 is 0 Å². The first-order valence-electron chi connectivity index (χ1n) is 7.49. The summed E-state index contributed by atoms with van der Waals surface area (Å²) in [6.07, 6.45) is 4.85. The maximum atomic E-state index is 11.0. The number of fused-ring (bicyclic) bond motifs is 1. The molecular formula is C15H23ClN4O2. The Bertz CT molecular complexity index is 609. The highest BCUT2D eigenvalue weighted by Crippen LogP contribution is 2.26.